The number of carboxylic acids is 1. The van der Waals surface area contributed by atoms with E-state index >= 15 is 0 Å². The van der Waals surface area contributed by atoms with Crippen LogP contribution in [0.3, 0.4) is 0 Å². The van der Waals surface area contributed by atoms with Crippen molar-refractivity contribution in [2.45, 2.75) is 17.2 Å². The van der Waals surface area contributed by atoms with Crippen LogP contribution in [-0.2, 0) is 11.8 Å². The van der Waals surface area contributed by atoms with Crippen molar-refractivity contribution in [3.63, 3.8) is 0 Å². The van der Waals surface area contributed by atoms with Gasteiger partial charge in [0, 0.05) is 0 Å². The number of amides is 1. The molecule has 0 bridgehead atoms. The number of nitrogens with one attached hydrogen (secondary N) is 2. The van der Waals surface area contributed by atoms with E-state index in [4.69, 9.17) is 27.0 Å². The van der Waals surface area contributed by atoms with Crippen molar-refractivity contribution in [2.24, 2.45) is 7.05 Å². The molecule has 0 fully saturated rings. The number of benzene rings is 1. The zero-order valence-corrected chi connectivity index (χ0v) is 19.1. The number of carbonyl (C=O) groups is 2. The molecule has 1 unspecified atom stereocenters. The van der Waals surface area contributed by atoms with Crippen LogP contribution in [0.25, 0.3) is 11.3 Å². The molecule has 12 nitrogen and oxygen atoms in total. The maximum Gasteiger partial charge on any atom is 0.435 e. The van der Waals surface area contributed by atoms with Crippen molar-refractivity contribution in [2.75, 3.05) is 11.1 Å². The molecule has 1 atom stereocenters. The molecule has 0 aliphatic rings. The molecule has 3 aromatic rings. The number of nitrogen functional groups attached to an aromatic ring is 1. The Morgan fingerprint density at radius 3 is 2.59 bits per heavy atom. The molecular weight excluding hydrogens is 486 g/mol. The Hall–Kier alpha value is -4.33. The highest BCUT2D eigenvalue weighted by Gasteiger charge is 2.32. The fourth-order valence-corrected chi connectivity index (χ4v) is 4.02. The van der Waals surface area contributed by atoms with Gasteiger partial charge in [0.1, 0.15) is 34.1 Å². The van der Waals surface area contributed by atoms with E-state index in [-0.39, 0.29) is 49.5 Å². The largest absolute Gasteiger partial charge is 0.478 e. The molecule has 0 spiro atoms. The van der Waals surface area contributed by atoms with Crippen molar-refractivity contribution in [1.82, 2.24) is 10.3 Å². The number of nitrogens with two attached hydrogens (primary N) is 1. The first-order valence-corrected chi connectivity index (χ1v) is 10.6. The first kappa shape index (κ1) is 24.3. The van der Waals surface area contributed by atoms with E-state index < -0.39 is 22.8 Å². The number of thioether (sulfide) groups is 1. The average molecular weight is 501 g/mol. The Morgan fingerprint density at radius 1 is 1.35 bits per heavy atom. The van der Waals surface area contributed by atoms with Gasteiger partial charge in [0.05, 0.1) is 27.1 Å². The highest BCUT2D eigenvalue weighted by molar-refractivity contribution is 8.00. The van der Waals surface area contributed by atoms with E-state index in [2.05, 4.69) is 15.6 Å². The third-order valence-corrected chi connectivity index (χ3v) is 6.00. The van der Waals surface area contributed by atoms with Gasteiger partial charge in [-0.2, -0.15) is 10.5 Å². The fraction of sp³-hybridized carbons (Fsp3) is 0.150. The van der Waals surface area contributed by atoms with Gasteiger partial charge in [-0.3, -0.25) is 9.32 Å². The molecule has 5 N–H and O–H groups in total. The summed E-state index contributed by atoms with van der Waals surface area (Å²) >= 11 is 6.91. The van der Waals surface area contributed by atoms with Gasteiger partial charge >= 0.3 is 17.3 Å². The number of aromatic carboxylic acids is 1. The van der Waals surface area contributed by atoms with Crippen LogP contribution in [0.2, 0.25) is 5.02 Å². The smallest absolute Gasteiger partial charge is 0.435 e. The van der Waals surface area contributed by atoms with Crippen molar-refractivity contribution >= 4 is 46.7 Å². The molecule has 1 aromatic carbocycles. The molecule has 3 rings (SSSR count). The lowest BCUT2D eigenvalue weighted by atomic mass is 10.0. The predicted octanol–water partition coefficient (Wildman–Crippen LogP) is 1.65. The van der Waals surface area contributed by atoms with Gasteiger partial charge in [0.2, 0.25) is 5.91 Å². The van der Waals surface area contributed by atoms with Crippen LogP contribution in [0.4, 0.5) is 11.5 Å². The maximum absolute atomic E-state index is 12.8. The van der Waals surface area contributed by atoms with E-state index in [1.165, 1.54) is 36.9 Å². The zero-order valence-electron chi connectivity index (χ0n) is 17.5. The number of pyridine rings is 1. The van der Waals surface area contributed by atoms with E-state index in [1.54, 1.807) is 0 Å². The number of nitrogens with zero attached hydrogens (tertiary/aromatic N) is 4. The molecule has 2 aromatic heterocycles. The molecule has 0 saturated carbocycles. The molecule has 0 saturated heterocycles. The minimum Gasteiger partial charge on any atom is -0.478 e. The summed E-state index contributed by atoms with van der Waals surface area (Å²) in [5.41, 5.74) is 4.54. The van der Waals surface area contributed by atoms with E-state index in [0.29, 0.717) is 0 Å². The van der Waals surface area contributed by atoms with Crippen molar-refractivity contribution in [3.8, 4) is 23.4 Å². The van der Waals surface area contributed by atoms with Crippen LogP contribution >= 0.6 is 23.4 Å². The Morgan fingerprint density at radius 2 is 2.03 bits per heavy atom. The maximum atomic E-state index is 12.8. The zero-order chi connectivity index (χ0) is 25.2. The molecular formula is C20H15ClN7O5S+. The summed E-state index contributed by atoms with van der Waals surface area (Å²) < 4.78 is 5.91. The highest BCUT2D eigenvalue weighted by Crippen LogP contribution is 2.35. The Labute approximate surface area is 200 Å². The Bertz CT molecular complexity index is 1470. The SMILES string of the molecule is CC(Sc1nc(N)c(C#N)c(-c2c(=O)o[nH][n+]2C)c1C#N)C(=O)Nc1cc(C(=O)O)ccc1Cl. The molecule has 34 heavy (non-hydrogen) atoms. The summed E-state index contributed by atoms with van der Waals surface area (Å²) in [6.07, 6.45) is 0. The summed E-state index contributed by atoms with van der Waals surface area (Å²) in [6.45, 7) is 1.51. The number of rotatable bonds is 6. The minimum atomic E-state index is -1.19. The number of carboxylic acid groups (broad SMARTS) is 1. The average Bonchev–Trinajstić information content (AvgIpc) is 3.12. The van der Waals surface area contributed by atoms with E-state index in [1.807, 2.05) is 12.1 Å². The molecule has 172 valence electrons. The molecule has 14 heteroatoms. The number of aryl methyl sites for hydroxylation is 1. The van der Waals surface area contributed by atoms with Crippen LogP contribution < -0.4 is 21.4 Å². The van der Waals surface area contributed by atoms with Crippen molar-refractivity contribution < 1.29 is 23.9 Å². The van der Waals surface area contributed by atoms with Gasteiger partial charge in [0.15, 0.2) is 7.05 Å². The number of carbonyl (C=O) groups excluding carboxylic acids is 1. The van der Waals surface area contributed by atoms with Gasteiger partial charge in [-0.1, -0.05) is 28.0 Å². The third-order valence-electron chi connectivity index (χ3n) is 4.59. The molecule has 1 amide bonds. The summed E-state index contributed by atoms with van der Waals surface area (Å²) in [7, 11) is 1.44. The lowest BCUT2D eigenvalue weighted by Gasteiger charge is -2.15. The normalized spacial score (nSPS) is 11.3. The lowest BCUT2D eigenvalue weighted by Crippen LogP contribution is -2.34. The topological polar surface area (TPSA) is 203 Å². The summed E-state index contributed by atoms with van der Waals surface area (Å²) in [4.78, 5) is 40.3. The summed E-state index contributed by atoms with van der Waals surface area (Å²) in [5.74, 6) is -2.01. The number of aromatic nitrogens is 3. The number of nitriles is 2. The number of H-pyrrole nitrogens is 1. The second-order valence-corrected chi connectivity index (χ2v) is 8.53. The number of anilines is 2. The van der Waals surface area contributed by atoms with Gasteiger partial charge in [-0.25, -0.2) is 14.6 Å². The highest BCUT2D eigenvalue weighted by atomic mass is 35.5. The van der Waals surface area contributed by atoms with Gasteiger partial charge in [-0.15, -0.1) is 0 Å². The number of hydrogen-bond acceptors (Lipinski definition) is 9. The van der Waals surface area contributed by atoms with Crippen molar-refractivity contribution in [3.05, 3.63) is 50.3 Å². The lowest BCUT2D eigenvalue weighted by molar-refractivity contribution is -0.730. The monoisotopic (exact) mass is 500 g/mol. The summed E-state index contributed by atoms with van der Waals surface area (Å²) in [6, 6.07) is 7.60. The van der Waals surface area contributed by atoms with E-state index in [0.717, 1.165) is 11.8 Å². The van der Waals surface area contributed by atoms with Crippen LogP contribution in [0, 0.1) is 22.7 Å². The van der Waals surface area contributed by atoms with Crippen LogP contribution in [-0.4, -0.2) is 32.5 Å². The van der Waals surface area contributed by atoms with Crippen LogP contribution in [0.1, 0.15) is 28.4 Å². The van der Waals surface area contributed by atoms with Gasteiger partial charge in [0.25, 0.3) is 0 Å². The minimum absolute atomic E-state index is 0.00244. The second kappa shape index (κ2) is 9.66. The first-order valence-electron chi connectivity index (χ1n) is 9.30. The predicted molar refractivity (Wildman–Crippen MR) is 120 cm³/mol. The van der Waals surface area contributed by atoms with Crippen LogP contribution in [0.5, 0.6) is 0 Å². The quantitative estimate of drug-likeness (QED) is 0.284. The molecule has 0 aliphatic carbocycles. The van der Waals surface area contributed by atoms with Crippen molar-refractivity contribution in [1.29, 1.82) is 10.5 Å². The number of aromatic amines is 1. The Kier molecular flexibility index (Phi) is 6.91. The number of hydrogen-bond donors (Lipinski definition) is 4. The molecule has 2 heterocycles. The van der Waals surface area contributed by atoms with Gasteiger partial charge < -0.3 is 16.2 Å². The fourth-order valence-electron chi connectivity index (χ4n) is 2.94. The van der Waals surface area contributed by atoms with Crippen LogP contribution in [0.15, 0.2) is 32.5 Å². The van der Waals surface area contributed by atoms with Gasteiger partial charge in [-0.05, 0) is 30.4 Å². The molecule has 0 aliphatic heterocycles. The first-order chi connectivity index (χ1) is 16.1. The second-order valence-electron chi connectivity index (χ2n) is 6.79. The molecule has 0 radical (unpaired) electrons. The summed E-state index contributed by atoms with van der Waals surface area (Å²) in [5, 5.41) is 32.6. The standard InChI is InChI=1S/C20H14ClN7O5S/c1-8(17(29)25-13-5-9(19(30)31)3-4-12(13)21)34-18-11(7-23)14(10(6-22)16(24)26-18)15-20(32)33-27-28(15)2/h3-5,8H,1-2H3,(H4-,24,25,26,27,29,30,31,32)/p+1. The van der Waals surface area contributed by atoms with E-state index in [9.17, 15) is 24.9 Å². The Balaban J connectivity index is 2.00. The third kappa shape index (κ3) is 4.56. The number of halogens is 1.